The van der Waals surface area contributed by atoms with E-state index >= 15 is 0 Å². The molecular weight excluding hydrogens is 210 g/mol. The van der Waals surface area contributed by atoms with Crippen molar-refractivity contribution in [2.75, 3.05) is 6.54 Å². The number of fused-ring (bicyclic) bond motifs is 1. The van der Waals surface area contributed by atoms with E-state index in [1.807, 2.05) is 0 Å². The summed E-state index contributed by atoms with van der Waals surface area (Å²) >= 11 is 0. The van der Waals surface area contributed by atoms with Gasteiger partial charge in [0.05, 0.1) is 0 Å². The van der Waals surface area contributed by atoms with Gasteiger partial charge in [0.2, 0.25) is 0 Å². The molecule has 2 rings (SSSR count). The second-order valence-electron chi connectivity index (χ2n) is 5.30. The van der Waals surface area contributed by atoms with Crippen molar-refractivity contribution in [3.05, 3.63) is 34.9 Å². The highest BCUT2D eigenvalue weighted by Crippen LogP contribution is 2.22. The Morgan fingerprint density at radius 1 is 1.35 bits per heavy atom. The van der Waals surface area contributed by atoms with Crippen LogP contribution in [0.1, 0.15) is 37.5 Å². The summed E-state index contributed by atoms with van der Waals surface area (Å²) < 4.78 is 0. The smallest absolute Gasteiger partial charge is 0.134 e. The highest BCUT2D eigenvalue weighted by Gasteiger charge is 2.18. The first kappa shape index (κ1) is 12.3. The van der Waals surface area contributed by atoms with Crippen LogP contribution in [0.2, 0.25) is 0 Å². The monoisotopic (exact) mass is 231 g/mol. The lowest BCUT2D eigenvalue weighted by Crippen LogP contribution is -2.35. The van der Waals surface area contributed by atoms with Crippen LogP contribution in [-0.4, -0.2) is 23.3 Å². The van der Waals surface area contributed by atoms with E-state index in [4.69, 9.17) is 0 Å². The van der Waals surface area contributed by atoms with Crippen molar-refractivity contribution < 1.29 is 4.79 Å². The van der Waals surface area contributed by atoms with Crippen LogP contribution in [0.5, 0.6) is 0 Å². The molecule has 0 aliphatic carbocycles. The molecule has 2 heteroatoms. The second-order valence-corrected chi connectivity index (χ2v) is 5.30. The molecule has 1 aromatic rings. The highest BCUT2D eigenvalue weighted by atomic mass is 16.1. The van der Waals surface area contributed by atoms with Gasteiger partial charge in [0.25, 0.3) is 0 Å². The van der Waals surface area contributed by atoms with Gasteiger partial charge >= 0.3 is 0 Å². The van der Waals surface area contributed by atoms with Crippen molar-refractivity contribution in [3.63, 3.8) is 0 Å². The summed E-state index contributed by atoms with van der Waals surface area (Å²) in [7, 11) is 0. The van der Waals surface area contributed by atoms with E-state index in [0.717, 1.165) is 25.1 Å². The van der Waals surface area contributed by atoms with Gasteiger partial charge in [0.15, 0.2) is 0 Å². The highest BCUT2D eigenvalue weighted by molar-refractivity contribution is 5.78. The van der Waals surface area contributed by atoms with Gasteiger partial charge in [-0.25, -0.2) is 0 Å². The van der Waals surface area contributed by atoms with Gasteiger partial charge < -0.3 is 0 Å². The molecule has 1 heterocycles. The zero-order valence-electron chi connectivity index (χ0n) is 11.0. The predicted octanol–water partition coefficient (Wildman–Crippen LogP) is 2.58. The minimum atomic E-state index is 0.237. The van der Waals surface area contributed by atoms with Gasteiger partial charge in [-0.2, -0.15) is 0 Å². The first-order chi connectivity index (χ1) is 8.06. The lowest BCUT2D eigenvalue weighted by Gasteiger charge is -2.32. The maximum absolute atomic E-state index is 11.1. The average Bonchev–Trinajstić information content (AvgIpc) is 2.27. The van der Waals surface area contributed by atoms with Crippen LogP contribution < -0.4 is 0 Å². The number of carbonyl (C=O) groups excluding carboxylic acids is 1. The largest absolute Gasteiger partial charge is 0.300 e. The molecular formula is C15H21NO. The summed E-state index contributed by atoms with van der Waals surface area (Å²) in [6.45, 7) is 8.31. The van der Waals surface area contributed by atoms with E-state index in [1.54, 1.807) is 6.92 Å². The number of rotatable bonds is 3. The Balaban J connectivity index is 2.19. The molecule has 0 aromatic heterocycles. The van der Waals surface area contributed by atoms with Gasteiger partial charge in [-0.05, 0) is 43.9 Å². The van der Waals surface area contributed by atoms with Crippen molar-refractivity contribution in [1.82, 2.24) is 4.90 Å². The standard InChI is InChI=1S/C15H21NO/c1-11(2)16-7-6-14-5-4-13(8-12(3)17)9-15(14)10-16/h4-5,9,11H,6-8,10H2,1-3H3. The quantitative estimate of drug-likeness (QED) is 0.797. The van der Waals surface area contributed by atoms with Crippen LogP contribution in [0.25, 0.3) is 0 Å². The summed E-state index contributed by atoms with van der Waals surface area (Å²) in [4.78, 5) is 13.6. The van der Waals surface area contributed by atoms with Crippen molar-refractivity contribution >= 4 is 5.78 Å². The van der Waals surface area contributed by atoms with E-state index < -0.39 is 0 Å². The maximum Gasteiger partial charge on any atom is 0.134 e. The molecule has 0 spiro atoms. The number of Topliss-reactive ketones (excluding diaryl/α,β-unsaturated/α-hetero) is 1. The van der Waals surface area contributed by atoms with E-state index in [-0.39, 0.29) is 5.78 Å². The fraction of sp³-hybridized carbons (Fsp3) is 0.533. The number of ketones is 1. The molecule has 17 heavy (non-hydrogen) atoms. The maximum atomic E-state index is 11.1. The van der Waals surface area contributed by atoms with Gasteiger partial charge in [0, 0.05) is 25.6 Å². The van der Waals surface area contributed by atoms with Crippen LogP contribution in [-0.2, 0) is 24.2 Å². The number of benzene rings is 1. The molecule has 0 N–H and O–H groups in total. The molecule has 0 saturated carbocycles. The molecule has 0 fully saturated rings. The van der Waals surface area contributed by atoms with Gasteiger partial charge in [-0.15, -0.1) is 0 Å². The molecule has 1 aromatic carbocycles. The Bertz CT molecular complexity index is 423. The zero-order chi connectivity index (χ0) is 12.4. The molecule has 0 amide bonds. The molecule has 1 aliphatic rings. The Morgan fingerprint density at radius 3 is 2.76 bits per heavy atom. The Hall–Kier alpha value is -1.15. The number of carbonyl (C=O) groups is 1. The first-order valence-corrected chi connectivity index (χ1v) is 6.40. The molecule has 0 radical (unpaired) electrons. The molecule has 0 bridgehead atoms. The van der Waals surface area contributed by atoms with E-state index in [0.29, 0.717) is 12.5 Å². The van der Waals surface area contributed by atoms with E-state index in [1.165, 1.54) is 11.1 Å². The third kappa shape index (κ3) is 2.95. The predicted molar refractivity (Wildman–Crippen MR) is 70.1 cm³/mol. The summed E-state index contributed by atoms with van der Waals surface area (Å²) in [6, 6.07) is 7.11. The van der Waals surface area contributed by atoms with E-state index in [2.05, 4.69) is 36.9 Å². The molecule has 2 nitrogen and oxygen atoms in total. The van der Waals surface area contributed by atoms with Crippen molar-refractivity contribution in [1.29, 1.82) is 0 Å². The van der Waals surface area contributed by atoms with E-state index in [9.17, 15) is 4.79 Å². The van der Waals surface area contributed by atoms with Crippen LogP contribution >= 0.6 is 0 Å². The molecule has 0 unspecified atom stereocenters. The van der Waals surface area contributed by atoms with Gasteiger partial charge in [0.1, 0.15) is 5.78 Å². The SMILES string of the molecule is CC(=O)Cc1ccc2c(c1)CN(C(C)C)CC2. The first-order valence-electron chi connectivity index (χ1n) is 6.40. The van der Waals surface area contributed by atoms with Crippen LogP contribution in [0.3, 0.4) is 0 Å². The normalized spacial score (nSPS) is 16.0. The average molecular weight is 231 g/mol. The number of nitrogens with zero attached hydrogens (tertiary/aromatic N) is 1. The fourth-order valence-corrected chi connectivity index (χ4v) is 2.47. The molecule has 0 saturated heterocycles. The lowest BCUT2D eigenvalue weighted by molar-refractivity contribution is -0.116. The summed E-state index contributed by atoms with van der Waals surface area (Å²) in [6.07, 6.45) is 1.70. The Kier molecular flexibility index (Phi) is 3.63. The van der Waals surface area contributed by atoms with Crippen molar-refractivity contribution in [2.24, 2.45) is 0 Å². The Labute approximate surface area is 104 Å². The summed E-state index contributed by atoms with van der Waals surface area (Å²) in [5.41, 5.74) is 4.01. The fourth-order valence-electron chi connectivity index (χ4n) is 2.47. The minimum Gasteiger partial charge on any atom is -0.300 e. The van der Waals surface area contributed by atoms with Crippen LogP contribution in [0, 0.1) is 0 Å². The molecule has 92 valence electrons. The molecule has 1 aliphatic heterocycles. The topological polar surface area (TPSA) is 20.3 Å². The second kappa shape index (κ2) is 5.01. The zero-order valence-corrected chi connectivity index (χ0v) is 11.0. The third-order valence-corrected chi connectivity index (χ3v) is 3.50. The van der Waals surface area contributed by atoms with Gasteiger partial charge in [-0.1, -0.05) is 18.2 Å². The van der Waals surface area contributed by atoms with Crippen LogP contribution in [0.15, 0.2) is 18.2 Å². The van der Waals surface area contributed by atoms with Crippen molar-refractivity contribution in [2.45, 2.75) is 46.2 Å². The lowest BCUT2D eigenvalue weighted by atomic mass is 9.95. The van der Waals surface area contributed by atoms with Crippen molar-refractivity contribution in [3.8, 4) is 0 Å². The summed E-state index contributed by atoms with van der Waals surface area (Å²) in [5, 5.41) is 0. The third-order valence-electron chi connectivity index (χ3n) is 3.50. The molecule has 0 atom stereocenters. The minimum absolute atomic E-state index is 0.237. The number of hydrogen-bond acceptors (Lipinski definition) is 2. The Morgan fingerprint density at radius 2 is 2.12 bits per heavy atom. The number of hydrogen-bond donors (Lipinski definition) is 0. The summed E-state index contributed by atoms with van der Waals surface area (Å²) in [5.74, 6) is 0.237. The van der Waals surface area contributed by atoms with Crippen LogP contribution in [0.4, 0.5) is 0 Å². The van der Waals surface area contributed by atoms with Gasteiger partial charge in [-0.3, -0.25) is 9.69 Å².